The zero-order valence-electron chi connectivity index (χ0n) is 10.8. The highest BCUT2D eigenvalue weighted by Crippen LogP contribution is 2.22. The van der Waals surface area contributed by atoms with Crippen molar-refractivity contribution in [1.82, 2.24) is 9.78 Å². The number of aromatic nitrogens is 2. The molecule has 0 spiro atoms. The predicted octanol–water partition coefficient (Wildman–Crippen LogP) is 1.60. The van der Waals surface area contributed by atoms with Gasteiger partial charge >= 0.3 is 0 Å². The van der Waals surface area contributed by atoms with E-state index in [0.29, 0.717) is 25.7 Å². The van der Waals surface area contributed by atoms with E-state index in [2.05, 4.69) is 32.8 Å². The smallest absolute Gasteiger partial charge is 0.0663 e. The Balaban J connectivity index is 2.64. The maximum Gasteiger partial charge on any atom is 0.0663 e. The summed E-state index contributed by atoms with van der Waals surface area (Å²) < 4.78 is 7.39. The lowest BCUT2D eigenvalue weighted by Gasteiger charge is -2.07. The lowest BCUT2D eigenvalue weighted by atomic mass is 10.0. The van der Waals surface area contributed by atoms with Crippen molar-refractivity contribution in [2.75, 3.05) is 19.8 Å². The third-order valence-electron chi connectivity index (χ3n) is 2.72. The van der Waals surface area contributed by atoms with Crippen molar-refractivity contribution in [3.63, 3.8) is 0 Å². The van der Waals surface area contributed by atoms with Crippen LogP contribution < -0.4 is 5.73 Å². The SMILES string of the molecule is Cc1nn(CCOCCN)c(C)c1C(C)C. The zero-order chi connectivity index (χ0) is 12.1. The molecule has 16 heavy (non-hydrogen) atoms. The number of hydrogen-bond donors (Lipinski definition) is 1. The van der Waals surface area contributed by atoms with Crippen molar-refractivity contribution in [3.05, 3.63) is 17.0 Å². The predicted molar refractivity (Wildman–Crippen MR) is 65.7 cm³/mol. The van der Waals surface area contributed by atoms with Crippen molar-refractivity contribution in [2.24, 2.45) is 5.73 Å². The van der Waals surface area contributed by atoms with E-state index in [-0.39, 0.29) is 0 Å². The van der Waals surface area contributed by atoms with Crippen LogP contribution in [0.5, 0.6) is 0 Å². The van der Waals surface area contributed by atoms with Gasteiger partial charge in [-0.2, -0.15) is 5.10 Å². The number of nitrogens with two attached hydrogens (primary N) is 1. The molecule has 0 saturated heterocycles. The number of rotatable bonds is 6. The first-order chi connectivity index (χ1) is 7.57. The second kappa shape index (κ2) is 6.01. The van der Waals surface area contributed by atoms with Gasteiger partial charge in [0.25, 0.3) is 0 Å². The normalized spacial score (nSPS) is 11.4. The average Bonchev–Trinajstić information content (AvgIpc) is 2.49. The van der Waals surface area contributed by atoms with Gasteiger partial charge in [0.2, 0.25) is 0 Å². The number of ether oxygens (including phenoxy) is 1. The second-order valence-corrected chi connectivity index (χ2v) is 4.36. The Morgan fingerprint density at radius 1 is 1.31 bits per heavy atom. The summed E-state index contributed by atoms with van der Waals surface area (Å²) in [4.78, 5) is 0. The summed E-state index contributed by atoms with van der Waals surface area (Å²) in [6.45, 7) is 11.3. The summed E-state index contributed by atoms with van der Waals surface area (Å²) >= 11 is 0. The number of nitrogens with zero attached hydrogens (tertiary/aromatic N) is 2. The van der Waals surface area contributed by atoms with Crippen molar-refractivity contribution >= 4 is 0 Å². The Hall–Kier alpha value is -0.870. The van der Waals surface area contributed by atoms with E-state index in [1.807, 2.05) is 4.68 Å². The van der Waals surface area contributed by atoms with Crippen LogP contribution in [0.1, 0.15) is 36.7 Å². The molecule has 0 aliphatic carbocycles. The Bertz CT molecular complexity index is 331. The van der Waals surface area contributed by atoms with Gasteiger partial charge in [-0.05, 0) is 25.3 Å². The molecule has 0 amide bonds. The minimum atomic E-state index is 0.527. The summed E-state index contributed by atoms with van der Waals surface area (Å²) in [5.41, 5.74) is 9.10. The van der Waals surface area contributed by atoms with Gasteiger partial charge in [-0.1, -0.05) is 13.8 Å². The fourth-order valence-electron chi connectivity index (χ4n) is 2.10. The summed E-state index contributed by atoms with van der Waals surface area (Å²) in [5, 5.41) is 4.53. The van der Waals surface area contributed by atoms with E-state index >= 15 is 0 Å². The van der Waals surface area contributed by atoms with Gasteiger partial charge in [-0.15, -0.1) is 0 Å². The summed E-state index contributed by atoms with van der Waals surface area (Å²) in [5.74, 6) is 0.527. The molecule has 0 fully saturated rings. The van der Waals surface area contributed by atoms with Gasteiger partial charge < -0.3 is 10.5 Å². The van der Waals surface area contributed by atoms with Gasteiger partial charge in [-0.25, -0.2) is 0 Å². The maximum absolute atomic E-state index is 5.37. The van der Waals surface area contributed by atoms with Gasteiger partial charge in [0, 0.05) is 12.2 Å². The van der Waals surface area contributed by atoms with Crippen LogP contribution in [0.3, 0.4) is 0 Å². The highest BCUT2D eigenvalue weighted by Gasteiger charge is 2.13. The van der Waals surface area contributed by atoms with Crippen LogP contribution in [0.2, 0.25) is 0 Å². The fraction of sp³-hybridized carbons (Fsp3) is 0.750. The zero-order valence-corrected chi connectivity index (χ0v) is 10.8. The van der Waals surface area contributed by atoms with E-state index in [9.17, 15) is 0 Å². The van der Waals surface area contributed by atoms with Crippen molar-refractivity contribution in [1.29, 1.82) is 0 Å². The minimum absolute atomic E-state index is 0.527. The molecular formula is C12H23N3O. The first-order valence-electron chi connectivity index (χ1n) is 5.89. The Labute approximate surface area is 97.8 Å². The third kappa shape index (κ3) is 3.06. The molecule has 0 unspecified atom stereocenters. The summed E-state index contributed by atoms with van der Waals surface area (Å²) in [7, 11) is 0. The molecule has 0 saturated carbocycles. The van der Waals surface area contributed by atoms with Crippen LogP contribution in [0.4, 0.5) is 0 Å². The molecule has 0 aliphatic rings. The van der Waals surface area contributed by atoms with Crippen LogP contribution in [0.25, 0.3) is 0 Å². The van der Waals surface area contributed by atoms with Crippen LogP contribution in [-0.4, -0.2) is 29.5 Å². The largest absolute Gasteiger partial charge is 0.378 e. The lowest BCUT2D eigenvalue weighted by molar-refractivity contribution is 0.130. The molecule has 0 bridgehead atoms. The van der Waals surface area contributed by atoms with Crippen molar-refractivity contribution in [2.45, 2.75) is 40.2 Å². The molecule has 0 aromatic carbocycles. The van der Waals surface area contributed by atoms with Gasteiger partial charge in [0.05, 0.1) is 25.5 Å². The van der Waals surface area contributed by atoms with Crippen LogP contribution in [0.15, 0.2) is 0 Å². The van der Waals surface area contributed by atoms with Crippen LogP contribution in [0, 0.1) is 13.8 Å². The highest BCUT2D eigenvalue weighted by molar-refractivity contribution is 5.27. The number of hydrogen-bond acceptors (Lipinski definition) is 3. The summed E-state index contributed by atoms with van der Waals surface area (Å²) in [6, 6.07) is 0. The van der Waals surface area contributed by atoms with Crippen LogP contribution >= 0.6 is 0 Å². The average molecular weight is 225 g/mol. The molecule has 4 heteroatoms. The monoisotopic (exact) mass is 225 g/mol. The molecule has 4 nitrogen and oxygen atoms in total. The lowest BCUT2D eigenvalue weighted by Crippen LogP contribution is -2.14. The van der Waals surface area contributed by atoms with E-state index in [0.717, 1.165) is 12.2 Å². The van der Waals surface area contributed by atoms with Crippen molar-refractivity contribution in [3.8, 4) is 0 Å². The number of aryl methyl sites for hydroxylation is 1. The molecule has 1 aromatic heterocycles. The van der Waals surface area contributed by atoms with E-state index in [1.54, 1.807) is 0 Å². The first kappa shape index (κ1) is 13.2. The molecule has 0 radical (unpaired) electrons. The van der Waals surface area contributed by atoms with Gasteiger partial charge in [0.15, 0.2) is 0 Å². The van der Waals surface area contributed by atoms with E-state index in [4.69, 9.17) is 10.5 Å². The fourth-order valence-corrected chi connectivity index (χ4v) is 2.10. The van der Waals surface area contributed by atoms with Crippen molar-refractivity contribution < 1.29 is 4.74 Å². The molecule has 92 valence electrons. The van der Waals surface area contributed by atoms with E-state index in [1.165, 1.54) is 11.3 Å². The Kier molecular flexibility index (Phi) is 4.96. The van der Waals surface area contributed by atoms with E-state index < -0.39 is 0 Å². The molecule has 1 aromatic rings. The maximum atomic E-state index is 5.37. The third-order valence-corrected chi connectivity index (χ3v) is 2.72. The molecular weight excluding hydrogens is 202 g/mol. The van der Waals surface area contributed by atoms with Gasteiger partial charge in [-0.3, -0.25) is 4.68 Å². The Morgan fingerprint density at radius 3 is 2.50 bits per heavy atom. The quantitative estimate of drug-likeness (QED) is 0.748. The molecule has 0 atom stereocenters. The second-order valence-electron chi connectivity index (χ2n) is 4.36. The van der Waals surface area contributed by atoms with Gasteiger partial charge in [0.1, 0.15) is 0 Å². The molecule has 2 N–H and O–H groups in total. The molecule has 1 rings (SSSR count). The first-order valence-corrected chi connectivity index (χ1v) is 5.89. The topological polar surface area (TPSA) is 53.1 Å². The Morgan fingerprint density at radius 2 is 2.00 bits per heavy atom. The van der Waals surface area contributed by atoms with Crippen LogP contribution in [-0.2, 0) is 11.3 Å². The minimum Gasteiger partial charge on any atom is -0.378 e. The molecule has 1 heterocycles. The summed E-state index contributed by atoms with van der Waals surface area (Å²) in [6.07, 6.45) is 0. The highest BCUT2D eigenvalue weighted by atomic mass is 16.5. The molecule has 0 aliphatic heterocycles. The standard InChI is InChI=1S/C12H23N3O/c1-9(2)12-10(3)14-15(11(12)4)6-8-16-7-5-13/h9H,5-8,13H2,1-4H3.